The summed E-state index contributed by atoms with van der Waals surface area (Å²) in [5.41, 5.74) is 3.05. The second-order valence-corrected chi connectivity index (χ2v) is 10.9. The SMILES string of the molecule is CCC(CCc1ccc(OCC(O)C(C)(C)C)c(C)c1)c1cc2ccc(C(=O)N(C)CC(=O)O)cc2o1. The van der Waals surface area contributed by atoms with Crippen LogP contribution in [0.1, 0.15) is 73.7 Å². The van der Waals surface area contributed by atoms with Crippen LogP contribution in [0, 0.1) is 12.3 Å². The van der Waals surface area contributed by atoms with Gasteiger partial charge in [-0.15, -0.1) is 0 Å². The number of fused-ring (bicyclic) bond motifs is 1. The number of benzene rings is 2. The molecule has 2 N–H and O–H groups in total. The highest BCUT2D eigenvalue weighted by Gasteiger charge is 2.23. The lowest BCUT2D eigenvalue weighted by Gasteiger charge is -2.26. The Labute approximate surface area is 219 Å². The van der Waals surface area contributed by atoms with Crippen molar-refractivity contribution in [2.45, 2.75) is 65.9 Å². The van der Waals surface area contributed by atoms with Crippen LogP contribution in [0.4, 0.5) is 0 Å². The molecule has 0 fully saturated rings. The molecule has 2 aromatic carbocycles. The van der Waals surface area contributed by atoms with Gasteiger partial charge < -0.3 is 24.3 Å². The predicted molar refractivity (Wildman–Crippen MR) is 144 cm³/mol. The Morgan fingerprint density at radius 2 is 1.84 bits per heavy atom. The highest BCUT2D eigenvalue weighted by Crippen LogP contribution is 2.32. The summed E-state index contributed by atoms with van der Waals surface area (Å²) >= 11 is 0. The van der Waals surface area contributed by atoms with Gasteiger partial charge in [0, 0.05) is 23.9 Å². The van der Waals surface area contributed by atoms with Gasteiger partial charge >= 0.3 is 5.97 Å². The van der Waals surface area contributed by atoms with Crippen LogP contribution in [0.15, 0.2) is 46.9 Å². The second-order valence-electron chi connectivity index (χ2n) is 10.9. The lowest BCUT2D eigenvalue weighted by Crippen LogP contribution is -2.32. The summed E-state index contributed by atoms with van der Waals surface area (Å²) < 4.78 is 12.0. The zero-order valence-corrected chi connectivity index (χ0v) is 22.7. The summed E-state index contributed by atoms with van der Waals surface area (Å²) in [4.78, 5) is 24.7. The zero-order valence-electron chi connectivity index (χ0n) is 22.7. The van der Waals surface area contributed by atoms with Crippen molar-refractivity contribution in [1.82, 2.24) is 4.90 Å². The van der Waals surface area contributed by atoms with E-state index in [4.69, 9.17) is 14.3 Å². The van der Waals surface area contributed by atoms with E-state index in [0.29, 0.717) is 11.1 Å². The second kappa shape index (κ2) is 11.8. The molecular weight excluding hydrogens is 470 g/mol. The summed E-state index contributed by atoms with van der Waals surface area (Å²) in [6.07, 6.45) is 2.16. The minimum absolute atomic E-state index is 0.222. The van der Waals surface area contributed by atoms with E-state index in [-0.39, 0.29) is 30.4 Å². The van der Waals surface area contributed by atoms with Crippen molar-refractivity contribution in [1.29, 1.82) is 0 Å². The highest BCUT2D eigenvalue weighted by atomic mass is 16.5. The van der Waals surface area contributed by atoms with Crippen molar-refractivity contribution in [3.8, 4) is 5.75 Å². The quantitative estimate of drug-likeness (QED) is 0.338. The highest BCUT2D eigenvalue weighted by molar-refractivity contribution is 5.98. The molecule has 1 aromatic heterocycles. The summed E-state index contributed by atoms with van der Waals surface area (Å²) in [5.74, 6) is 0.480. The van der Waals surface area contributed by atoms with Gasteiger partial charge in [-0.2, -0.15) is 0 Å². The van der Waals surface area contributed by atoms with Crippen molar-refractivity contribution in [2.24, 2.45) is 5.41 Å². The van der Waals surface area contributed by atoms with E-state index >= 15 is 0 Å². The maximum Gasteiger partial charge on any atom is 0.323 e. The number of furan rings is 1. The first kappa shape index (κ1) is 28.3. The van der Waals surface area contributed by atoms with Crippen LogP contribution >= 0.6 is 0 Å². The third kappa shape index (κ3) is 7.35. The van der Waals surface area contributed by atoms with Crippen LogP contribution in [-0.2, 0) is 11.2 Å². The lowest BCUT2D eigenvalue weighted by molar-refractivity contribution is -0.137. The molecule has 0 radical (unpaired) electrons. The monoisotopic (exact) mass is 509 g/mol. The van der Waals surface area contributed by atoms with Crippen molar-refractivity contribution in [3.63, 3.8) is 0 Å². The van der Waals surface area contributed by atoms with Crippen LogP contribution in [0.25, 0.3) is 11.0 Å². The van der Waals surface area contributed by atoms with E-state index in [1.54, 1.807) is 12.1 Å². The molecule has 0 bridgehead atoms. The molecule has 37 heavy (non-hydrogen) atoms. The molecule has 7 nitrogen and oxygen atoms in total. The Balaban J connectivity index is 1.66. The van der Waals surface area contributed by atoms with Crippen LogP contribution in [0.3, 0.4) is 0 Å². The molecule has 1 heterocycles. The maximum atomic E-state index is 12.5. The molecule has 0 aliphatic rings. The number of likely N-dealkylation sites (N-methyl/N-ethyl adjacent to an activating group) is 1. The average Bonchev–Trinajstić information content (AvgIpc) is 3.25. The van der Waals surface area contributed by atoms with Crippen LogP contribution in [-0.4, -0.2) is 53.3 Å². The fourth-order valence-electron chi connectivity index (χ4n) is 4.22. The van der Waals surface area contributed by atoms with Gasteiger partial charge in [0.05, 0.1) is 6.10 Å². The number of aryl methyl sites for hydroxylation is 2. The van der Waals surface area contributed by atoms with Gasteiger partial charge in [0.1, 0.15) is 30.2 Å². The number of carboxylic acids is 1. The Bertz CT molecular complexity index is 1240. The number of carbonyl (C=O) groups is 2. The Morgan fingerprint density at radius 1 is 1.11 bits per heavy atom. The fourth-order valence-corrected chi connectivity index (χ4v) is 4.22. The number of aliphatic carboxylic acids is 1. The number of amides is 1. The number of carboxylic acid groups (broad SMARTS) is 1. The molecule has 3 aromatic rings. The van der Waals surface area contributed by atoms with Gasteiger partial charge in [-0.05, 0) is 67.0 Å². The van der Waals surface area contributed by atoms with Gasteiger partial charge in [-0.1, -0.05) is 45.9 Å². The van der Waals surface area contributed by atoms with Crippen molar-refractivity contribution >= 4 is 22.8 Å². The molecule has 2 unspecified atom stereocenters. The third-order valence-electron chi connectivity index (χ3n) is 6.82. The molecule has 0 saturated carbocycles. The van der Waals surface area contributed by atoms with Crippen molar-refractivity contribution in [2.75, 3.05) is 20.2 Å². The van der Waals surface area contributed by atoms with E-state index in [2.05, 4.69) is 19.1 Å². The summed E-state index contributed by atoms with van der Waals surface area (Å²) in [5, 5.41) is 20.1. The smallest absolute Gasteiger partial charge is 0.323 e. The summed E-state index contributed by atoms with van der Waals surface area (Å²) in [6.45, 7) is 10.0. The van der Waals surface area contributed by atoms with Crippen molar-refractivity contribution < 1.29 is 29.0 Å². The number of ether oxygens (including phenoxy) is 1. The van der Waals surface area contributed by atoms with Gasteiger partial charge in [0.15, 0.2) is 0 Å². The van der Waals surface area contributed by atoms with Gasteiger partial charge in [-0.3, -0.25) is 9.59 Å². The number of nitrogens with zero attached hydrogens (tertiary/aromatic N) is 1. The fraction of sp³-hybridized carbons (Fsp3) is 0.467. The molecule has 0 aliphatic carbocycles. The molecule has 200 valence electrons. The Morgan fingerprint density at radius 3 is 2.46 bits per heavy atom. The van der Waals surface area contributed by atoms with E-state index in [1.807, 2.05) is 45.9 Å². The van der Waals surface area contributed by atoms with Crippen LogP contribution in [0.2, 0.25) is 0 Å². The topological polar surface area (TPSA) is 100 Å². The summed E-state index contributed by atoms with van der Waals surface area (Å²) in [7, 11) is 1.47. The number of rotatable bonds is 11. The maximum absolute atomic E-state index is 12.5. The third-order valence-corrected chi connectivity index (χ3v) is 6.82. The number of hydrogen-bond donors (Lipinski definition) is 2. The average molecular weight is 510 g/mol. The largest absolute Gasteiger partial charge is 0.491 e. The molecule has 7 heteroatoms. The standard InChI is InChI=1S/C30H39NO6/c1-7-21(10-8-20-9-13-24(19(2)14-20)36-18-27(32)30(3,4)5)25-15-22-11-12-23(16-26(22)37-25)29(35)31(6)17-28(33)34/h9,11-16,21,27,32H,7-8,10,17-18H2,1-6H3,(H,33,34). The number of aliphatic hydroxyl groups excluding tert-OH is 1. The number of carbonyl (C=O) groups excluding carboxylic acids is 1. The first-order valence-corrected chi connectivity index (χ1v) is 12.8. The first-order valence-electron chi connectivity index (χ1n) is 12.8. The minimum Gasteiger partial charge on any atom is -0.491 e. The molecule has 2 atom stereocenters. The zero-order chi connectivity index (χ0) is 27.3. The van der Waals surface area contributed by atoms with Gasteiger partial charge in [0.25, 0.3) is 5.91 Å². The molecule has 0 aliphatic heterocycles. The van der Waals surface area contributed by atoms with E-state index in [9.17, 15) is 14.7 Å². The molecule has 0 spiro atoms. The van der Waals surface area contributed by atoms with Crippen molar-refractivity contribution in [3.05, 3.63) is 64.9 Å². The van der Waals surface area contributed by atoms with E-state index < -0.39 is 12.1 Å². The van der Waals surface area contributed by atoms with Crippen LogP contribution < -0.4 is 4.74 Å². The van der Waals surface area contributed by atoms with E-state index in [1.165, 1.54) is 17.5 Å². The predicted octanol–water partition coefficient (Wildman–Crippen LogP) is 5.81. The number of aliphatic hydroxyl groups is 1. The number of hydrogen-bond acceptors (Lipinski definition) is 5. The molecule has 3 rings (SSSR count). The first-order chi connectivity index (χ1) is 17.4. The molecule has 0 saturated heterocycles. The minimum atomic E-state index is -1.06. The normalized spacial score (nSPS) is 13.4. The summed E-state index contributed by atoms with van der Waals surface area (Å²) in [6, 6.07) is 13.4. The van der Waals surface area contributed by atoms with Crippen LogP contribution in [0.5, 0.6) is 5.75 Å². The molecular formula is C30H39NO6. The van der Waals surface area contributed by atoms with E-state index in [0.717, 1.165) is 41.7 Å². The lowest BCUT2D eigenvalue weighted by atomic mass is 9.90. The van der Waals surface area contributed by atoms with Gasteiger partial charge in [0.2, 0.25) is 0 Å². The van der Waals surface area contributed by atoms with Gasteiger partial charge in [-0.25, -0.2) is 0 Å². The Kier molecular flexibility index (Phi) is 9.02. The molecule has 1 amide bonds. The Hall–Kier alpha value is -3.32.